The highest BCUT2D eigenvalue weighted by Gasteiger charge is 2.29. The van der Waals surface area contributed by atoms with E-state index in [0.717, 1.165) is 87.9 Å². The fourth-order valence-corrected chi connectivity index (χ4v) is 11.4. The Balaban J connectivity index is 1.12. The van der Waals surface area contributed by atoms with Gasteiger partial charge in [0, 0.05) is 63.5 Å². The van der Waals surface area contributed by atoms with Crippen LogP contribution in [0, 0.1) is 0 Å². The average molecular weight is 990 g/mol. The topological polar surface area (TPSA) is 35.2 Å². The number of rotatable bonds is 5. The normalized spacial score (nSPS) is 15.5. The van der Waals surface area contributed by atoms with Crippen molar-refractivity contribution in [1.82, 2.24) is 14.1 Å². The van der Waals surface area contributed by atoms with Crippen LogP contribution in [0.4, 0.5) is 11.4 Å². The van der Waals surface area contributed by atoms with Gasteiger partial charge in [-0.15, -0.1) is 0 Å². The largest absolute Gasteiger partial charge is 0.457 e. The first-order valence-corrected chi connectivity index (χ1v) is 26.0. The number of aromatic nitrogens is 3. The van der Waals surface area contributed by atoms with E-state index in [1.54, 1.807) is 0 Å². The maximum Gasteiger partial charge on any atom is 0.137 e. The summed E-state index contributed by atoms with van der Waals surface area (Å²) in [7, 11) is 0. The molecule has 0 unspecified atom stereocenters. The van der Waals surface area contributed by atoms with E-state index in [2.05, 4.69) is 183 Å². The quantitative estimate of drug-likeness (QED) is 0.172. The van der Waals surface area contributed by atoms with E-state index in [1.807, 2.05) is 63.4 Å². The Morgan fingerprint density at radius 2 is 1.09 bits per heavy atom. The van der Waals surface area contributed by atoms with Crippen molar-refractivity contribution >= 4 is 76.5 Å². The lowest BCUT2D eigenvalue weighted by Gasteiger charge is -2.27. The van der Waals surface area contributed by atoms with E-state index in [1.165, 1.54) is 17.7 Å². The van der Waals surface area contributed by atoms with Gasteiger partial charge in [-0.2, -0.15) is 0 Å². The van der Waals surface area contributed by atoms with Gasteiger partial charge in [-0.25, -0.2) is 4.98 Å². The Kier molecular flexibility index (Phi) is 8.94. The van der Waals surface area contributed by atoms with Crippen molar-refractivity contribution in [2.75, 3.05) is 4.90 Å². The molecule has 0 spiro atoms. The van der Waals surface area contributed by atoms with Gasteiger partial charge in [0.05, 0.1) is 27.8 Å². The Bertz CT molecular complexity index is 4510. The fourth-order valence-electron chi connectivity index (χ4n) is 11.4. The summed E-state index contributed by atoms with van der Waals surface area (Å²) in [5.41, 5.74) is 4.89. The number of hydrogen-bond acceptors (Lipinski definition) is 3. The van der Waals surface area contributed by atoms with Crippen molar-refractivity contribution in [3.63, 3.8) is 0 Å². The van der Waals surface area contributed by atoms with Crippen molar-refractivity contribution in [2.45, 2.75) is 111 Å². The second-order valence-corrected chi connectivity index (χ2v) is 23.5. The Morgan fingerprint density at radius 3 is 1.84 bits per heavy atom. The van der Waals surface area contributed by atoms with Gasteiger partial charge in [-0.1, -0.05) is 198 Å². The molecule has 4 heterocycles. The SMILES string of the molecule is [2H]C([2H])([2H])C(c1cc(-c2cccc3c4c(C(C)(C)C)cccc4c4ccccc4c4cccc5c4n(c23)CN5c2cccc(Oc3ccc4c5ccccc5n(-c5cc(C(C)(C)C)ccn5)c4c3)c2)cc(C(C)(C)C)c1)(C([2H])([2H])[2H])C([2H])([2H])[2H]. The Morgan fingerprint density at radius 1 is 0.467 bits per heavy atom. The van der Waals surface area contributed by atoms with Crippen LogP contribution in [0.5, 0.6) is 11.5 Å². The van der Waals surface area contributed by atoms with Crippen LogP contribution in [0.15, 0.2) is 182 Å². The first-order chi connectivity index (χ1) is 39.5. The molecule has 75 heavy (non-hydrogen) atoms. The summed E-state index contributed by atoms with van der Waals surface area (Å²) in [5.74, 6) is 2.11. The molecule has 5 nitrogen and oxygen atoms in total. The first kappa shape index (κ1) is 38.7. The van der Waals surface area contributed by atoms with Gasteiger partial charge in [0.25, 0.3) is 0 Å². The highest BCUT2D eigenvalue weighted by atomic mass is 16.5. The molecule has 374 valence electrons. The molecule has 11 aromatic rings. The lowest BCUT2D eigenvalue weighted by Crippen LogP contribution is -2.17. The summed E-state index contributed by atoms with van der Waals surface area (Å²) < 4.78 is 91.4. The Hall–Kier alpha value is -7.89. The first-order valence-electron chi connectivity index (χ1n) is 30.5. The summed E-state index contributed by atoms with van der Waals surface area (Å²) in [6, 6.07) is 59.4. The summed E-state index contributed by atoms with van der Waals surface area (Å²) in [5, 5.41) is 8.19. The molecular weight excluding hydrogens is 913 g/mol. The molecule has 0 fully saturated rings. The zero-order valence-corrected chi connectivity index (χ0v) is 44.2. The predicted octanol–water partition coefficient (Wildman–Crippen LogP) is 19.5. The lowest BCUT2D eigenvalue weighted by molar-refractivity contribution is 0.483. The molecule has 0 N–H and O–H groups in total. The van der Waals surface area contributed by atoms with Crippen molar-refractivity contribution in [1.29, 1.82) is 0 Å². The molecule has 1 aliphatic heterocycles. The smallest absolute Gasteiger partial charge is 0.137 e. The minimum absolute atomic E-state index is 0.0817. The number of nitrogens with zero attached hydrogens (tertiary/aromatic N) is 4. The number of benzene rings is 8. The molecular formula is C70H68N4O. The number of hydrogen-bond donors (Lipinski definition) is 0. The van der Waals surface area contributed by atoms with E-state index in [0.29, 0.717) is 34.9 Å². The third-order valence-electron chi connectivity index (χ3n) is 15.2. The molecule has 0 amide bonds. The molecule has 1 aliphatic rings. The van der Waals surface area contributed by atoms with Crippen LogP contribution in [0.2, 0.25) is 0 Å². The maximum atomic E-state index is 8.88. The highest BCUT2D eigenvalue weighted by molar-refractivity contribution is 6.23. The van der Waals surface area contributed by atoms with Crippen molar-refractivity contribution in [3.8, 4) is 28.4 Å². The van der Waals surface area contributed by atoms with Crippen LogP contribution >= 0.6 is 0 Å². The van der Waals surface area contributed by atoms with E-state index in [4.69, 9.17) is 22.1 Å². The van der Waals surface area contributed by atoms with E-state index in [-0.39, 0.29) is 16.4 Å². The van der Waals surface area contributed by atoms with Gasteiger partial charge in [-0.05, 0) is 120 Å². The molecule has 0 saturated carbocycles. The molecule has 3 aromatic heterocycles. The number of pyridine rings is 1. The molecule has 5 heteroatoms. The van der Waals surface area contributed by atoms with Crippen LogP contribution in [0.3, 0.4) is 0 Å². The summed E-state index contributed by atoms with van der Waals surface area (Å²) in [6.07, 6.45) is 1.88. The van der Waals surface area contributed by atoms with Gasteiger partial charge in [0.2, 0.25) is 0 Å². The predicted molar refractivity (Wildman–Crippen MR) is 320 cm³/mol. The number of para-hydroxylation sites is 3. The van der Waals surface area contributed by atoms with E-state index < -0.39 is 31.4 Å². The summed E-state index contributed by atoms with van der Waals surface area (Å²) >= 11 is 0. The number of ether oxygens (including phenoxy) is 1. The minimum atomic E-state index is -3.47. The zero-order valence-electron chi connectivity index (χ0n) is 53.2. The van der Waals surface area contributed by atoms with E-state index >= 15 is 0 Å². The maximum absolute atomic E-state index is 8.88. The number of anilines is 2. The average Bonchev–Trinajstić information content (AvgIpc) is 0.913. The second-order valence-electron chi connectivity index (χ2n) is 23.5. The standard InChI is InChI=1S/C70H68N4O/c1-67(2,3)45-35-36-71-63(40-45)74-60-31-16-15-25-54(60)55-34-33-50(42-62(55)74)75-49-22-17-21-48(41-49)72-43-73-65-51(44-37-46(68(4,5)6)39-47(38-44)69(7,8)9)26-18-29-58(65)64-56(27-19-30-59(64)70(10,11)12)52-23-13-14-24-53(52)57-28-20-32-61(72)66(57)73/h13-42H,43H2,1-12H3/i4D3,5D3,6D3. The van der Waals surface area contributed by atoms with Crippen LogP contribution in [0.1, 0.15) is 117 Å². The monoisotopic (exact) mass is 990 g/mol. The molecule has 12 rings (SSSR count). The molecule has 0 aliphatic carbocycles. The van der Waals surface area contributed by atoms with Crippen molar-refractivity contribution in [2.24, 2.45) is 0 Å². The fraction of sp³-hybridized carbons (Fsp3) is 0.243. The van der Waals surface area contributed by atoms with Crippen LogP contribution in [0.25, 0.3) is 82.1 Å². The third-order valence-corrected chi connectivity index (χ3v) is 15.2. The summed E-state index contributed by atoms with van der Waals surface area (Å²) in [6.45, 7) is 9.01. The van der Waals surface area contributed by atoms with Crippen LogP contribution in [-0.2, 0) is 28.3 Å². The van der Waals surface area contributed by atoms with Crippen LogP contribution in [-0.4, -0.2) is 14.1 Å². The second kappa shape index (κ2) is 17.3. The molecule has 0 bridgehead atoms. The molecule has 8 aromatic carbocycles. The molecule has 0 saturated heterocycles. The van der Waals surface area contributed by atoms with Gasteiger partial charge >= 0.3 is 0 Å². The molecule has 0 atom stereocenters. The zero-order chi connectivity index (χ0) is 59.8. The number of fused-ring (bicyclic) bond motifs is 10. The lowest BCUT2D eigenvalue weighted by atomic mass is 9.78. The third kappa shape index (κ3) is 8.28. The van der Waals surface area contributed by atoms with Gasteiger partial charge in [-0.3, -0.25) is 4.57 Å². The van der Waals surface area contributed by atoms with Gasteiger partial charge in [0.15, 0.2) is 0 Å². The van der Waals surface area contributed by atoms with Gasteiger partial charge in [0.1, 0.15) is 24.0 Å². The van der Waals surface area contributed by atoms with Crippen molar-refractivity contribution < 1.29 is 17.1 Å². The Labute approximate surface area is 455 Å². The van der Waals surface area contributed by atoms with E-state index in [9.17, 15) is 0 Å². The van der Waals surface area contributed by atoms with Crippen LogP contribution < -0.4 is 9.64 Å². The van der Waals surface area contributed by atoms with Crippen molar-refractivity contribution in [3.05, 3.63) is 204 Å². The highest BCUT2D eigenvalue weighted by Crippen LogP contribution is 2.47. The minimum Gasteiger partial charge on any atom is -0.457 e. The molecule has 0 radical (unpaired) electrons. The van der Waals surface area contributed by atoms with Gasteiger partial charge < -0.3 is 14.2 Å². The summed E-state index contributed by atoms with van der Waals surface area (Å²) in [4.78, 5) is 7.18.